The fourth-order valence-electron chi connectivity index (χ4n) is 5.98. The number of piperazine rings is 1. The van der Waals surface area contributed by atoms with Gasteiger partial charge in [-0.1, -0.05) is 0 Å². The molecule has 2 aromatic carbocycles. The van der Waals surface area contributed by atoms with Gasteiger partial charge in [0.2, 0.25) is 5.95 Å². The number of hydrogen-bond acceptors (Lipinski definition) is 13. The first-order valence-corrected chi connectivity index (χ1v) is 15.3. The molecule has 3 saturated heterocycles. The zero-order valence-electron chi connectivity index (χ0n) is 25.1. The lowest BCUT2D eigenvalue weighted by Crippen LogP contribution is -2.56. The number of aliphatic hydroxyl groups is 1. The number of nitrogens with one attached hydrogen (secondary N) is 1. The number of anilines is 3. The smallest absolute Gasteiger partial charge is 0.230 e. The summed E-state index contributed by atoms with van der Waals surface area (Å²) in [5.41, 5.74) is 3.17. The van der Waals surface area contributed by atoms with E-state index in [2.05, 4.69) is 53.3 Å². The largest absolute Gasteiger partial charge is 0.486 e. The predicted octanol–water partition coefficient (Wildman–Crippen LogP) is 3.14. The number of hydrogen-bond donors (Lipinski definition) is 2. The van der Waals surface area contributed by atoms with Crippen molar-refractivity contribution in [1.82, 2.24) is 29.7 Å². The quantitative estimate of drug-likeness (QED) is 0.280. The number of rotatable bonds is 9. The summed E-state index contributed by atoms with van der Waals surface area (Å²) < 4.78 is 31.3. The number of nitriles is 1. The van der Waals surface area contributed by atoms with Gasteiger partial charge in [0, 0.05) is 62.6 Å². The van der Waals surface area contributed by atoms with Crippen LogP contribution in [0.25, 0.3) is 11.4 Å². The molecule has 3 fully saturated rings. The van der Waals surface area contributed by atoms with Gasteiger partial charge in [-0.25, -0.2) is 19.3 Å². The van der Waals surface area contributed by atoms with Crippen molar-refractivity contribution in [2.45, 2.75) is 31.0 Å². The topological polar surface area (TPSA) is 149 Å². The molecule has 1 unspecified atom stereocenters. The molecule has 3 aliphatic rings. The highest BCUT2D eigenvalue weighted by atomic mass is 19.1. The number of benzene rings is 2. The van der Waals surface area contributed by atoms with E-state index in [4.69, 9.17) is 13.9 Å². The standard InChI is InChI=1S/C32H34FN9O4/c33-26-15-42(31(43)27-18-45-20-37-27)8-7-29(26)46-28-6-1-21(13-22(28)14-34)30-35-19-36-32(39-30)38-23-2-4-24(5-3-23)40-9-11-41(12-10-40)25-16-44-17-25/h1-6,13,18-20,25-26,29,31,43H,7-12,15-17H2,(H,35,36,38,39)/t26-,29+,31?/m1/s1. The van der Waals surface area contributed by atoms with Crippen molar-refractivity contribution < 1.29 is 23.4 Å². The zero-order chi connectivity index (χ0) is 31.5. The molecule has 0 bridgehead atoms. The molecule has 0 amide bonds. The van der Waals surface area contributed by atoms with Crippen molar-refractivity contribution in [3.63, 3.8) is 0 Å². The fraction of sp³-hybridized carbons (Fsp3) is 0.406. The minimum absolute atomic E-state index is 0.0460. The van der Waals surface area contributed by atoms with Crippen molar-refractivity contribution in [3.8, 4) is 23.2 Å². The van der Waals surface area contributed by atoms with Gasteiger partial charge in [0.25, 0.3) is 0 Å². The summed E-state index contributed by atoms with van der Waals surface area (Å²) in [6.45, 7) is 6.07. The third-order valence-electron chi connectivity index (χ3n) is 8.72. The van der Waals surface area contributed by atoms with Crippen LogP contribution in [-0.2, 0) is 4.74 Å². The third-order valence-corrected chi connectivity index (χ3v) is 8.72. The minimum atomic E-state index is -1.38. The van der Waals surface area contributed by atoms with Crippen LogP contribution >= 0.6 is 0 Å². The molecule has 7 rings (SSSR count). The number of halogens is 1. The molecule has 46 heavy (non-hydrogen) atoms. The monoisotopic (exact) mass is 627 g/mol. The first-order valence-electron chi connectivity index (χ1n) is 15.3. The highest BCUT2D eigenvalue weighted by molar-refractivity contribution is 5.64. The molecule has 4 aromatic rings. The molecule has 238 valence electrons. The van der Waals surface area contributed by atoms with E-state index in [9.17, 15) is 10.4 Å². The third kappa shape index (κ3) is 6.49. The van der Waals surface area contributed by atoms with Crippen molar-refractivity contribution >= 4 is 17.3 Å². The second-order valence-corrected chi connectivity index (χ2v) is 11.6. The van der Waals surface area contributed by atoms with E-state index in [1.165, 1.54) is 24.7 Å². The summed E-state index contributed by atoms with van der Waals surface area (Å²) in [6, 6.07) is 15.9. The van der Waals surface area contributed by atoms with Gasteiger partial charge < -0.3 is 29.2 Å². The Morgan fingerprint density at radius 2 is 1.87 bits per heavy atom. The molecule has 0 aliphatic carbocycles. The molecule has 2 N–H and O–H groups in total. The van der Waals surface area contributed by atoms with E-state index in [1.54, 1.807) is 23.1 Å². The molecule has 0 radical (unpaired) electrons. The summed E-state index contributed by atoms with van der Waals surface area (Å²) in [4.78, 5) is 23.5. The number of ether oxygens (including phenoxy) is 2. The lowest BCUT2D eigenvalue weighted by atomic mass is 10.0. The Morgan fingerprint density at radius 3 is 2.57 bits per heavy atom. The molecule has 5 heterocycles. The summed E-state index contributed by atoms with van der Waals surface area (Å²) in [5.74, 6) is 1.02. The lowest BCUT2D eigenvalue weighted by molar-refractivity contribution is -0.0660. The van der Waals surface area contributed by atoms with Crippen molar-refractivity contribution in [1.29, 1.82) is 5.26 Å². The number of alkyl halides is 1. The Morgan fingerprint density at radius 1 is 1.04 bits per heavy atom. The molecule has 0 saturated carbocycles. The van der Waals surface area contributed by atoms with Crippen LogP contribution in [-0.4, -0.2) is 106 Å². The normalized spacial score (nSPS) is 21.7. The number of likely N-dealkylation sites (tertiary alicyclic amines) is 1. The van der Waals surface area contributed by atoms with Gasteiger partial charge >= 0.3 is 0 Å². The van der Waals surface area contributed by atoms with Crippen LogP contribution in [0.3, 0.4) is 0 Å². The number of nitrogens with zero attached hydrogens (tertiary/aromatic N) is 8. The van der Waals surface area contributed by atoms with Gasteiger partial charge in [0.05, 0.1) is 24.8 Å². The summed E-state index contributed by atoms with van der Waals surface area (Å²) in [7, 11) is 0. The van der Waals surface area contributed by atoms with E-state index in [1.807, 2.05) is 12.1 Å². The summed E-state index contributed by atoms with van der Waals surface area (Å²) >= 11 is 0. The zero-order valence-corrected chi connectivity index (χ0v) is 25.1. The fourth-order valence-corrected chi connectivity index (χ4v) is 5.98. The van der Waals surface area contributed by atoms with Crippen molar-refractivity contribution in [2.24, 2.45) is 0 Å². The highest BCUT2D eigenvalue weighted by Gasteiger charge is 2.35. The molecular formula is C32H34FN9O4. The molecule has 13 nitrogen and oxygen atoms in total. The van der Waals surface area contributed by atoms with Gasteiger partial charge in [-0.2, -0.15) is 10.2 Å². The Kier molecular flexibility index (Phi) is 8.71. The Bertz CT molecular complexity index is 1660. The van der Waals surface area contributed by atoms with Crippen molar-refractivity contribution in [3.05, 3.63) is 72.7 Å². The maximum absolute atomic E-state index is 15.1. The van der Waals surface area contributed by atoms with Crippen LogP contribution in [0.4, 0.5) is 21.7 Å². The predicted molar refractivity (Wildman–Crippen MR) is 165 cm³/mol. The van der Waals surface area contributed by atoms with E-state index < -0.39 is 18.5 Å². The first-order chi connectivity index (χ1) is 22.5. The Hall–Kier alpha value is -4.68. The molecule has 3 aliphatic heterocycles. The van der Waals surface area contributed by atoms with Gasteiger partial charge in [0.15, 0.2) is 18.4 Å². The van der Waals surface area contributed by atoms with Gasteiger partial charge in [-0.3, -0.25) is 9.80 Å². The summed E-state index contributed by atoms with van der Waals surface area (Å²) in [6.07, 6.45) is 1.06. The van der Waals surface area contributed by atoms with Crippen LogP contribution in [0, 0.1) is 11.3 Å². The highest BCUT2D eigenvalue weighted by Crippen LogP contribution is 2.30. The van der Waals surface area contributed by atoms with E-state index in [0.717, 1.165) is 45.1 Å². The van der Waals surface area contributed by atoms with Crippen molar-refractivity contribution in [2.75, 3.05) is 62.7 Å². The Labute approximate surface area is 265 Å². The van der Waals surface area contributed by atoms with Crippen LogP contribution in [0.1, 0.15) is 23.9 Å². The van der Waals surface area contributed by atoms with Gasteiger partial charge in [0.1, 0.15) is 42.4 Å². The van der Waals surface area contributed by atoms with E-state index >= 15 is 4.39 Å². The number of oxazole rings is 1. The maximum Gasteiger partial charge on any atom is 0.230 e. The van der Waals surface area contributed by atoms with Crippen LogP contribution in [0.2, 0.25) is 0 Å². The Balaban J connectivity index is 0.966. The van der Waals surface area contributed by atoms with E-state index in [-0.39, 0.29) is 17.9 Å². The molecule has 2 aromatic heterocycles. The van der Waals surface area contributed by atoms with Crippen LogP contribution in [0.5, 0.6) is 5.75 Å². The molecule has 14 heteroatoms. The number of piperidine rings is 1. The summed E-state index contributed by atoms with van der Waals surface area (Å²) in [5, 5.41) is 23.6. The second kappa shape index (κ2) is 13.4. The molecule has 0 spiro atoms. The number of aromatic nitrogens is 4. The molecular weight excluding hydrogens is 593 g/mol. The maximum atomic E-state index is 15.1. The molecule has 3 atom stereocenters. The van der Waals surface area contributed by atoms with E-state index in [0.29, 0.717) is 42.0 Å². The van der Waals surface area contributed by atoms with Gasteiger partial charge in [-0.05, 0) is 42.5 Å². The average Bonchev–Trinajstić information content (AvgIpc) is 3.61. The first kappa shape index (κ1) is 30.0. The average molecular weight is 628 g/mol. The second-order valence-electron chi connectivity index (χ2n) is 11.6. The van der Waals surface area contributed by atoms with Gasteiger partial charge in [-0.15, -0.1) is 0 Å². The minimum Gasteiger partial charge on any atom is -0.486 e. The van der Waals surface area contributed by atoms with Crippen LogP contribution < -0.4 is 15.0 Å². The number of aliphatic hydroxyl groups excluding tert-OH is 1. The lowest BCUT2D eigenvalue weighted by Gasteiger charge is -2.43. The SMILES string of the molecule is N#Cc1cc(-c2ncnc(Nc3ccc(N4CCN(C5COC5)CC4)cc3)n2)ccc1O[C@H]1CCN(C(O)c2cocn2)C[C@H]1F. The van der Waals surface area contributed by atoms with Crippen LogP contribution in [0.15, 0.2) is 65.9 Å².